The van der Waals surface area contributed by atoms with Crippen LogP contribution in [0, 0.1) is 4.77 Å². The highest BCUT2D eigenvalue weighted by molar-refractivity contribution is 9.10. The molecule has 0 radical (unpaired) electrons. The topological polar surface area (TPSA) is 20.7 Å². The summed E-state index contributed by atoms with van der Waals surface area (Å²) in [6.45, 7) is 0. The zero-order chi connectivity index (χ0) is 11.1. The van der Waals surface area contributed by atoms with E-state index in [0.29, 0.717) is 6.04 Å². The van der Waals surface area contributed by atoms with Gasteiger partial charge < -0.3 is 9.55 Å². The minimum atomic E-state index is 0.593. The van der Waals surface area contributed by atoms with Gasteiger partial charge in [-0.2, -0.15) is 0 Å². The Labute approximate surface area is 108 Å². The summed E-state index contributed by atoms with van der Waals surface area (Å²) in [7, 11) is 0. The SMILES string of the molecule is S=c1[nH]c2ccc(Br)cc2n1C1CCCC1. The summed E-state index contributed by atoms with van der Waals surface area (Å²) in [6, 6.07) is 6.88. The molecule has 1 heterocycles. The molecule has 2 nitrogen and oxygen atoms in total. The average Bonchev–Trinajstić information content (AvgIpc) is 2.83. The van der Waals surface area contributed by atoms with Gasteiger partial charge in [0, 0.05) is 10.5 Å². The van der Waals surface area contributed by atoms with Gasteiger partial charge in [0.1, 0.15) is 0 Å². The number of halogens is 1. The molecular formula is C12H13BrN2S. The summed E-state index contributed by atoms with van der Waals surface area (Å²) in [6.07, 6.45) is 5.17. The van der Waals surface area contributed by atoms with Crippen LogP contribution in [0.4, 0.5) is 0 Å². The normalized spacial score (nSPS) is 17.3. The highest BCUT2D eigenvalue weighted by atomic mass is 79.9. The molecule has 84 valence electrons. The maximum Gasteiger partial charge on any atom is 0.178 e. The number of aromatic amines is 1. The van der Waals surface area contributed by atoms with Gasteiger partial charge in [-0.25, -0.2) is 0 Å². The van der Waals surface area contributed by atoms with Crippen LogP contribution < -0.4 is 0 Å². The number of imidazole rings is 1. The lowest BCUT2D eigenvalue weighted by Gasteiger charge is -2.12. The Morgan fingerprint density at radius 2 is 2.06 bits per heavy atom. The number of hydrogen-bond donors (Lipinski definition) is 1. The monoisotopic (exact) mass is 296 g/mol. The zero-order valence-corrected chi connectivity index (χ0v) is 11.3. The summed E-state index contributed by atoms with van der Waals surface area (Å²) in [5.74, 6) is 0. The number of rotatable bonds is 1. The Kier molecular flexibility index (Phi) is 2.64. The second-order valence-corrected chi connectivity index (χ2v) is 5.70. The number of aromatic nitrogens is 2. The molecule has 0 bridgehead atoms. The number of nitrogens with one attached hydrogen (secondary N) is 1. The zero-order valence-electron chi connectivity index (χ0n) is 8.87. The number of benzene rings is 1. The molecule has 0 spiro atoms. The Balaban J connectivity index is 2.25. The van der Waals surface area contributed by atoms with Gasteiger partial charge in [-0.1, -0.05) is 28.8 Å². The van der Waals surface area contributed by atoms with Gasteiger partial charge in [0.15, 0.2) is 4.77 Å². The highest BCUT2D eigenvalue weighted by Crippen LogP contribution is 2.33. The molecule has 4 heteroatoms. The van der Waals surface area contributed by atoms with E-state index in [-0.39, 0.29) is 0 Å². The number of nitrogens with zero attached hydrogens (tertiary/aromatic N) is 1. The third-order valence-corrected chi connectivity index (χ3v) is 4.16. The maximum absolute atomic E-state index is 5.42. The minimum Gasteiger partial charge on any atom is -0.331 e. The molecule has 1 N–H and O–H groups in total. The molecule has 1 aromatic heterocycles. The molecule has 0 saturated heterocycles. The summed E-state index contributed by atoms with van der Waals surface area (Å²) in [5, 5.41) is 0. The van der Waals surface area contributed by atoms with Crippen molar-refractivity contribution < 1.29 is 0 Å². The predicted octanol–water partition coefficient (Wildman–Crippen LogP) is 4.58. The van der Waals surface area contributed by atoms with E-state index < -0.39 is 0 Å². The first kappa shape index (κ1) is 10.5. The first-order chi connectivity index (χ1) is 7.75. The van der Waals surface area contributed by atoms with Gasteiger partial charge in [0.2, 0.25) is 0 Å². The minimum absolute atomic E-state index is 0.593. The van der Waals surface area contributed by atoms with E-state index in [1.165, 1.54) is 31.2 Å². The van der Waals surface area contributed by atoms with Gasteiger partial charge in [0.25, 0.3) is 0 Å². The smallest absolute Gasteiger partial charge is 0.178 e. The van der Waals surface area contributed by atoms with Crippen LogP contribution in [0.5, 0.6) is 0 Å². The highest BCUT2D eigenvalue weighted by Gasteiger charge is 2.19. The fourth-order valence-electron chi connectivity index (χ4n) is 2.62. The van der Waals surface area contributed by atoms with Crippen molar-refractivity contribution in [3.8, 4) is 0 Å². The van der Waals surface area contributed by atoms with Gasteiger partial charge in [-0.05, 0) is 43.3 Å². The summed E-state index contributed by atoms with van der Waals surface area (Å²) < 4.78 is 4.27. The lowest BCUT2D eigenvalue weighted by atomic mass is 10.2. The molecule has 1 aliphatic carbocycles. The molecule has 3 rings (SSSR count). The Morgan fingerprint density at radius 1 is 1.31 bits per heavy atom. The van der Waals surface area contributed by atoms with E-state index in [1.807, 2.05) is 6.07 Å². The third kappa shape index (κ3) is 1.64. The molecule has 0 aliphatic heterocycles. The molecule has 0 amide bonds. The van der Waals surface area contributed by atoms with Crippen LogP contribution in [0.25, 0.3) is 11.0 Å². The van der Waals surface area contributed by atoms with Crippen LogP contribution >= 0.6 is 28.1 Å². The van der Waals surface area contributed by atoms with E-state index in [9.17, 15) is 0 Å². The van der Waals surface area contributed by atoms with Crippen molar-refractivity contribution in [2.24, 2.45) is 0 Å². The molecule has 0 unspecified atom stereocenters. The van der Waals surface area contributed by atoms with E-state index in [4.69, 9.17) is 12.2 Å². The van der Waals surface area contributed by atoms with Crippen molar-refractivity contribution >= 4 is 39.2 Å². The van der Waals surface area contributed by atoms with Gasteiger partial charge in [0.05, 0.1) is 11.0 Å². The van der Waals surface area contributed by atoms with Gasteiger partial charge in [-0.15, -0.1) is 0 Å². The standard InChI is InChI=1S/C12H13BrN2S/c13-8-5-6-10-11(7-8)15(12(16)14-10)9-3-1-2-4-9/h5-7,9H,1-4H2,(H,14,16). The summed E-state index contributed by atoms with van der Waals surface area (Å²) in [5.41, 5.74) is 2.37. The van der Waals surface area contributed by atoms with Crippen molar-refractivity contribution in [3.05, 3.63) is 27.4 Å². The lowest BCUT2D eigenvalue weighted by molar-refractivity contribution is 0.526. The predicted molar refractivity (Wildman–Crippen MR) is 72.3 cm³/mol. The van der Waals surface area contributed by atoms with E-state index in [1.54, 1.807) is 0 Å². The molecule has 1 aromatic carbocycles. The Hall–Kier alpha value is -0.610. The quantitative estimate of drug-likeness (QED) is 0.764. The van der Waals surface area contributed by atoms with Gasteiger partial charge >= 0.3 is 0 Å². The fraction of sp³-hybridized carbons (Fsp3) is 0.417. The van der Waals surface area contributed by atoms with Crippen LogP contribution in [0.15, 0.2) is 22.7 Å². The molecule has 16 heavy (non-hydrogen) atoms. The molecule has 0 atom stereocenters. The average molecular weight is 297 g/mol. The molecule has 1 aliphatic rings. The van der Waals surface area contributed by atoms with Crippen LogP contribution in [-0.4, -0.2) is 9.55 Å². The number of hydrogen-bond acceptors (Lipinski definition) is 1. The summed E-state index contributed by atoms with van der Waals surface area (Å²) >= 11 is 8.95. The van der Waals surface area contributed by atoms with Crippen molar-refractivity contribution in [1.82, 2.24) is 9.55 Å². The van der Waals surface area contributed by atoms with Crippen molar-refractivity contribution in [3.63, 3.8) is 0 Å². The van der Waals surface area contributed by atoms with E-state index in [0.717, 1.165) is 14.8 Å². The van der Waals surface area contributed by atoms with Crippen LogP contribution in [0.1, 0.15) is 31.7 Å². The van der Waals surface area contributed by atoms with E-state index in [2.05, 4.69) is 37.6 Å². The molecule has 1 saturated carbocycles. The summed E-state index contributed by atoms with van der Waals surface area (Å²) in [4.78, 5) is 3.29. The lowest BCUT2D eigenvalue weighted by Crippen LogP contribution is -2.04. The van der Waals surface area contributed by atoms with Crippen molar-refractivity contribution in [2.45, 2.75) is 31.7 Å². The largest absolute Gasteiger partial charge is 0.331 e. The first-order valence-corrected chi connectivity index (χ1v) is 6.85. The maximum atomic E-state index is 5.42. The van der Waals surface area contributed by atoms with E-state index >= 15 is 0 Å². The second kappa shape index (κ2) is 4.00. The fourth-order valence-corrected chi connectivity index (χ4v) is 3.33. The van der Waals surface area contributed by atoms with Crippen LogP contribution in [-0.2, 0) is 0 Å². The second-order valence-electron chi connectivity index (χ2n) is 4.40. The Morgan fingerprint density at radius 3 is 2.81 bits per heavy atom. The van der Waals surface area contributed by atoms with Gasteiger partial charge in [-0.3, -0.25) is 0 Å². The number of fused-ring (bicyclic) bond motifs is 1. The molecule has 1 fully saturated rings. The third-order valence-electron chi connectivity index (χ3n) is 3.37. The number of H-pyrrole nitrogens is 1. The van der Waals surface area contributed by atoms with Crippen molar-refractivity contribution in [2.75, 3.05) is 0 Å². The van der Waals surface area contributed by atoms with Crippen LogP contribution in [0.3, 0.4) is 0 Å². The first-order valence-electron chi connectivity index (χ1n) is 5.65. The Bertz CT molecular complexity index is 578. The molecule has 2 aromatic rings. The molecular weight excluding hydrogens is 284 g/mol. The van der Waals surface area contributed by atoms with Crippen LogP contribution in [0.2, 0.25) is 0 Å². The van der Waals surface area contributed by atoms with Crippen molar-refractivity contribution in [1.29, 1.82) is 0 Å².